The van der Waals surface area contributed by atoms with E-state index in [-0.39, 0.29) is 23.9 Å². The minimum Gasteiger partial charge on any atom is -0.339 e. The molecule has 0 bridgehead atoms. The van der Waals surface area contributed by atoms with E-state index < -0.39 is 0 Å². The number of hydrogen-bond acceptors (Lipinski definition) is 4. The van der Waals surface area contributed by atoms with Gasteiger partial charge in [-0.3, -0.25) is 9.59 Å². The quantitative estimate of drug-likeness (QED) is 0.745. The highest BCUT2D eigenvalue weighted by molar-refractivity contribution is 9.10. The van der Waals surface area contributed by atoms with Gasteiger partial charge in [-0.15, -0.1) is 0 Å². The third-order valence-corrected chi connectivity index (χ3v) is 6.86. The van der Waals surface area contributed by atoms with Crippen LogP contribution in [-0.4, -0.2) is 53.8 Å². The number of halogens is 1. The Balaban J connectivity index is 1.27. The SMILES string of the molecule is O=C(C1CCCCC1)N1CCN(C(=O)C2CC(c3ccc(Br)cc3)NN2)CC1. The van der Waals surface area contributed by atoms with Gasteiger partial charge in [0, 0.05) is 42.6 Å². The number of nitrogens with zero attached hydrogens (tertiary/aromatic N) is 2. The molecule has 3 fully saturated rings. The van der Waals surface area contributed by atoms with Gasteiger partial charge in [-0.2, -0.15) is 0 Å². The van der Waals surface area contributed by atoms with Crippen LogP contribution in [0.4, 0.5) is 0 Å². The molecule has 28 heavy (non-hydrogen) atoms. The second-order valence-electron chi connectivity index (χ2n) is 8.17. The molecule has 0 spiro atoms. The molecule has 1 aromatic rings. The van der Waals surface area contributed by atoms with Crippen molar-refractivity contribution in [2.24, 2.45) is 5.92 Å². The van der Waals surface area contributed by atoms with Crippen LogP contribution in [0.3, 0.4) is 0 Å². The minimum atomic E-state index is -0.214. The molecule has 1 saturated carbocycles. The fourth-order valence-electron chi connectivity index (χ4n) is 4.61. The molecule has 0 radical (unpaired) electrons. The number of piperazine rings is 1. The van der Waals surface area contributed by atoms with E-state index in [1.54, 1.807) is 0 Å². The minimum absolute atomic E-state index is 0.135. The van der Waals surface area contributed by atoms with E-state index in [9.17, 15) is 9.59 Å². The molecule has 2 N–H and O–H groups in total. The Labute approximate surface area is 175 Å². The molecular formula is C21H29BrN4O2. The average molecular weight is 449 g/mol. The van der Waals surface area contributed by atoms with Gasteiger partial charge in [0.2, 0.25) is 11.8 Å². The first-order valence-electron chi connectivity index (χ1n) is 10.5. The summed E-state index contributed by atoms with van der Waals surface area (Å²) in [4.78, 5) is 29.5. The number of nitrogens with one attached hydrogen (secondary N) is 2. The van der Waals surface area contributed by atoms with E-state index in [0.717, 1.165) is 23.7 Å². The molecule has 4 rings (SSSR count). The van der Waals surface area contributed by atoms with Crippen LogP contribution < -0.4 is 10.9 Å². The summed E-state index contributed by atoms with van der Waals surface area (Å²) in [6.45, 7) is 2.60. The maximum atomic E-state index is 12.9. The number of rotatable bonds is 3. The molecule has 2 saturated heterocycles. The Morgan fingerprint density at radius 1 is 0.857 bits per heavy atom. The van der Waals surface area contributed by atoms with Gasteiger partial charge >= 0.3 is 0 Å². The summed E-state index contributed by atoms with van der Waals surface area (Å²) in [5.41, 5.74) is 7.60. The summed E-state index contributed by atoms with van der Waals surface area (Å²) in [5.74, 6) is 0.656. The smallest absolute Gasteiger partial charge is 0.241 e. The maximum absolute atomic E-state index is 12.9. The average Bonchev–Trinajstić information content (AvgIpc) is 3.24. The van der Waals surface area contributed by atoms with E-state index >= 15 is 0 Å². The molecule has 2 heterocycles. The van der Waals surface area contributed by atoms with E-state index in [4.69, 9.17) is 0 Å². The number of hydrazine groups is 1. The highest BCUT2D eigenvalue weighted by Crippen LogP contribution is 2.27. The van der Waals surface area contributed by atoms with Crippen LogP contribution in [-0.2, 0) is 9.59 Å². The molecule has 0 aromatic heterocycles. The number of carbonyl (C=O) groups is 2. The van der Waals surface area contributed by atoms with Crippen molar-refractivity contribution in [2.75, 3.05) is 26.2 Å². The van der Waals surface area contributed by atoms with Crippen molar-refractivity contribution in [3.63, 3.8) is 0 Å². The fourth-order valence-corrected chi connectivity index (χ4v) is 4.87. The lowest BCUT2D eigenvalue weighted by atomic mass is 9.88. The Hall–Kier alpha value is -1.44. The Morgan fingerprint density at radius 2 is 1.46 bits per heavy atom. The van der Waals surface area contributed by atoms with Crippen molar-refractivity contribution >= 4 is 27.7 Å². The van der Waals surface area contributed by atoms with Gasteiger partial charge in [-0.05, 0) is 37.0 Å². The highest BCUT2D eigenvalue weighted by atomic mass is 79.9. The van der Waals surface area contributed by atoms with Crippen molar-refractivity contribution in [1.29, 1.82) is 0 Å². The van der Waals surface area contributed by atoms with Crippen LogP contribution in [0.15, 0.2) is 28.7 Å². The van der Waals surface area contributed by atoms with Crippen molar-refractivity contribution in [1.82, 2.24) is 20.7 Å². The molecule has 7 heteroatoms. The first-order valence-corrected chi connectivity index (χ1v) is 11.3. The van der Waals surface area contributed by atoms with Crippen molar-refractivity contribution in [2.45, 2.75) is 50.6 Å². The van der Waals surface area contributed by atoms with Gasteiger partial charge in [0.1, 0.15) is 6.04 Å². The number of carbonyl (C=O) groups excluding carboxylic acids is 2. The highest BCUT2D eigenvalue weighted by Gasteiger charge is 2.35. The molecule has 2 atom stereocenters. The molecule has 3 aliphatic rings. The first-order chi connectivity index (χ1) is 13.6. The summed E-state index contributed by atoms with van der Waals surface area (Å²) in [6, 6.07) is 8.12. The van der Waals surface area contributed by atoms with E-state index in [2.05, 4.69) is 38.9 Å². The normalized spacial score (nSPS) is 26.5. The van der Waals surface area contributed by atoms with Gasteiger partial charge in [0.15, 0.2) is 0 Å². The summed E-state index contributed by atoms with van der Waals surface area (Å²) in [7, 11) is 0. The molecule has 6 nitrogen and oxygen atoms in total. The topological polar surface area (TPSA) is 64.7 Å². The Kier molecular flexibility index (Phi) is 6.33. The van der Waals surface area contributed by atoms with E-state index in [1.165, 1.54) is 24.8 Å². The summed E-state index contributed by atoms with van der Waals surface area (Å²) in [5, 5.41) is 0. The molecular weight excluding hydrogens is 420 g/mol. The predicted octanol–water partition coefficient (Wildman–Crippen LogP) is 2.61. The van der Waals surface area contributed by atoms with Crippen LogP contribution in [0, 0.1) is 5.92 Å². The number of amides is 2. The van der Waals surface area contributed by atoms with E-state index in [1.807, 2.05) is 21.9 Å². The van der Waals surface area contributed by atoms with Crippen molar-refractivity contribution in [3.05, 3.63) is 34.3 Å². The third kappa shape index (κ3) is 4.42. The van der Waals surface area contributed by atoms with Crippen LogP contribution in [0.5, 0.6) is 0 Å². The largest absolute Gasteiger partial charge is 0.339 e. The van der Waals surface area contributed by atoms with Gasteiger partial charge in [0.05, 0.1) is 0 Å². The summed E-state index contributed by atoms with van der Waals surface area (Å²) < 4.78 is 1.05. The Morgan fingerprint density at radius 3 is 2.11 bits per heavy atom. The lowest BCUT2D eigenvalue weighted by Gasteiger charge is -2.38. The van der Waals surface area contributed by atoms with Crippen molar-refractivity contribution in [3.8, 4) is 0 Å². The van der Waals surface area contributed by atoms with Crippen LogP contribution >= 0.6 is 15.9 Å². The lowest BCUT2D eigenvalue weighted by Crippen LogP contribution is -2.55. The third-order valence-electron chi connectivity index (χ3n) is 6.33. The van der Waals surface area contributed by atoms with Gasteiger partial charge in [0.25, 0.3) is 0 Å². The standard InChI is InChI=1S/C21H29BrN4O2/c22-17-8-6-15(7-9-17)18-14-19(24-23-18)21(28)26-12-10-25(11-13-26)20(27)16-4-2-1-3-5-16/h6-9,16,18-19,23-24H,1-5,10-14H2. The van der Waals surface area contributed by atoms with Crippen LogP contribution in [0.1, 0.15) is 50.1 Å². The molecule has 2 unspecified atom stereocenters. The molecule has 152 valence electrons. The summed E-state index contributed by atoms with van der Waals surface area (Å²) >= 11 is 3.46. The van der Waals surface area contributed by atoms with E-state index in [0.29, 0.717) is 32.1 Å². The second kappa shape index (κ2) is 8.93. The van der Waals surface area contributed by atoms with Crippen molar-refractivity contribution < 1.29 is 9.59 Å². The number of hydrogen-bond donors (Lipinski definition) is 2. The number of benzene rings is 1. The zero-order valence-electron chi connectivity index (χ0n) is 16.2. The second-order valence-corrected chi connectivity index (χ2v) is 9.08. The predicted molar refractivity (Wildman–Crippen MR) is 111 cm³/mol. The fraction of sp³-hybridized carbons (Fsp3) is 0.619. The molecule has 2 amide bonds. The maximum Gasteiger partial charge on any atom is 0.241 e. The molecule has 2 aliphatic heterocycles. The Bertz CT molecular complexity index is 697. The lowest BCUT2D eigenvalue weighted by molar-refractivity contribution is -0.143. The van der Waals surface area contributed by atoms with Gasteiger partial charge < -0.3 is 9.80 Å². The summed E-state index contributed by atoms with van der Waals surface area (Å²) in [6.07, 6.45) is 6.42. The van der Waals surface area contributed by atoms with Crippen LogP contribution in [0.25, 0.3) is 0 Å². The van der Waals surface area contributed by atoms with Gasteiger partial charge in [-0.1, -0.05) is 47.3 Å². The molecule has 1 aromatic carbocycles. The van der Waals surface area contributed by atoms with Crippen LogP contribution in [0.2, 0.25) is 0 Å². The molecule has 1 aliphatic carbocycles. The van der Waals surface area contributed by atoms with Gasteiger partial charge in [-0.25, -0.2) is 10.9 Å². The zero-order chi connectivity index (χ0) is 19.5. The first kappa shape index (κ1) is 19.9. The monoisotopic (exact) mass is 448 g/mol. The zero-order valence-corrected chi connectivity index (χ0v) is 17.8.